The van der Waals surface area contributed by atoms with Crippen LogP contribution in [0.25, 0.3) is 22.7 Å². The number of carbonyl (C=O) groups is 1. The van der Waals surface area contributed by atoms with Crippen molar-refractivity contribution in [1.29, 1.82) is 0 Å². The van der Waals surface area contributed by atoms with Crippen molar-refractivity contribution in [1.82, 2.24) is 0 Å². The minimum atomic E-state index is -0.358. The number of aryl methyl sites for hydroxylation is 1. The Hall–Kier alpha value is -5.14. The maximum Gasteiger partial charge on any atom is 0.344 e. The van der Waals surface area contributed by atoms with Crippen LogP contribution in [0.3, 0.4) is 0 Å². The fourth-order valence-corrected chi connectivity index (χ4v) is 6.94. The van der Waals surface area contributed by atoms with Gasteiger partial charge in [0.2, 0.25) is 5.69 Å². The first kappa shape index (κ1) is 39.1. The molecule has 0 saturated heterocycles. The van der Waals surface area contributed by atoms with Crippen LogP contribution in [-0.2, 0) is 11.8 Å². The zero-order valence-corrected chi connectivity index (χ0v) is 32.3. The van der Waals surface area contributed by atoms with Gasteiger partial charge in [-0.15, -0.1) is 11.3 Å². The van der Waals surface area contributed by atoms with Crippen LogP contribution in [-0.4, -0.2) is 25.8 Å². The van der Waals surface area contributed by atoms with Gasteiger partial charge in [0.15, 0.2) is 6.20 Å². The fourth-order valence-electron chi connectivity index (χ4n) is 5.96. The molecule has 0 aliphatic heterocycles. The second-order valence-corrected chi connectivity index (χ2v) is 14.2. The number of pyridine rings is 1. The summed E-state index contributed by atoms with van der Waals surface area (Å²) in [5.41, 5.74) is 5.82. The molecule has 0 unspecified atom stereocenters. The third-order valence-electron chi connectivity index (χ3n) is 8.90. The second kappa shape index (κ2) is 20.8. The lowest BCUT2D eigenvalue weighted by Crippen LogP contribution is -2.31. The Morgan fingerprint density at radius 3 is 1.79 bits per heavy atom. The molecule has 6 nitrogen and oxygen atoms in total. The molecular formula is C46H53N2O4S+. The molecule has 276 valence electrons. The Morgan fingerprint density at radius 1 is 0.698 bits per heavy atom. The van der Waals surface area contributed by atoms with Crippen molar-refractivity contribution in [3.8, 4) is 22.1 Å². The van der Waals surface area contributed by atoms with Crippen molar-refractivity contribution in [2.45, 2.75) is 65.2 Å². The Morgan fingerprint density at radius 2 is 1.26 bits per heavy atom. The van der Waals surface area contributed by atoms with Gasteiger partial charge in [-0.1, -0.05) is 83.2 Å². The van der Waals surface area contributed by atoms with Crippen molar-refractivity contribution in [2.24, 2.45) is 7.05 Å². The van der Waals surface area contributed by atoms with Gasteiger partial charge in [-0.2, -0.15) is 4.57 Å². The minimum absolute atomic E-state index is 0.192. The van der Waals surface area contributed by atoms with Crippen molar-refractivity contribution < 1.29 is 23.6 Å². The number of nitrogens with zero attached hydrogens (tertiary/aromatic N) is 2. The van der Waals surface area contributed by atoms with Crippen LogP contribution in [0.15, 0.2) is 116 Å². The summed E-state index contributed by atoms with van der Waals surface area (Å²) >= 11 is 1.70. The highest BCUT2D eigenvalue weighted by Crippen LogP contribution is 2.36. The highest BCUT2D eigenvalue weighted by molar-refractivity contribution is 7.16. The van der Waals surface area contributed by atoms with Crippen LogP contribution in [0.5, 0.6) is 11.5 Å². The molecule has 7 heteroatoms. The second-order valence-electron chi connectivity index (χ2n) is 13.1. The first-order valence-electron chi connectivity index (χ1n) is 18.9. The Balaban J connectivity index is 1.30. The van der Waals surface area contributed by atoms with Crippen molar-refractivity contribution in [3.05, 3.63) is 132 Å². The molecule has 0 saturated carbocycles. The number of aromatic nitrogens is 1. The summed E-state index contributed by atoms with van der Waals surface area (Å²) in [6, 6.07) is 33.4. The number of hydrogen-bond donors (Lipinski definition) is 0. The maximum absolute atomic E-state index is 12.3. The van der Waals surface area contributed by atoms with Crippen molar-refractivity contribution >= 4 is 46.5 Å². The maximum atomic E-state index is 12.3. The Bertz CT molecular complexity index is 1840. The normalized spacial score (nSPS) is 11.1. The average Bonchev–Trinajstić information content (AvgIpc) is 3.66. The largest absolute Gasteiger partial charge is 0.494 e. The van der Waals surface area contributed by atoms with Crippen LogP contribution < -0.4 is 18.9 Å². The molecule has 5 aromatic rings. The number of rotatable bonds is 21. The quantitative estimate of drug-likeness (QED) is 0.0326. The lowest BCUT2D eigenvalue weighted by atomic mass is 10.1. The molecule has 0 amide bonds. The van der Waals surface area contributed by atoms with E-state index in [1.165, 1.54) is 38.5 Å². The summed E-state index contributed by atoms with van der Waals surface area (Å²) in [6.07, 6.45) is 17.1. The van der Waals surface area contributed by atoms with Gasteiger partial charge in [0.25, 0.3) is 0 Å². The molecule has 0 bridgehead atoms. The molecule has 0 radical (unpaired) electrons. The lowest BCUT2D eigenvalue weighted by Gasteiger charge is -2.26. The molecule has 2 heterocycles. The van der Waals surface area contributed by atoms with Crippen LogP contribution in [0.4, 0.5) is 17.1 Å². The van der Waals surface area contributed by atoms with E-state index in [9.17, 15) is 4.79 Å². The van der Waals surface area contributed by atoms with E-state index < -0.39 is 0 Å². The molecule has 0 spiro atoms. The third kappa shape index (κ3) is 11.7. The number of unbranched alkanes of at least 4 members (excludes halogenated alkanes) is 6. The molecule has 0 N–H and O–H groups in total. The van der Waals surface area contributed by atoms with Gasteiger partial charge in [-0.25, -0.2) is 4.79 Å². The highest BCUT2D eigenvalue weighted by Gasteiger charge is 2.17. The van der Waals surface area contributed by atoms with Crippen molar-refractivity contribution in [2.75, 3.05) is 24.7 Å². The number of hydrogen-bond acceptors (Lipinski definition) is 6. The minimum Gasteiger partial charge on any atom is -0.494 e. The average molecular weight is 730 g/mol. The van der Waals surface area contributed by atoms with Gasteiger partial charge in [-0.05, 0) is 103 Å². The number of thiophene rings is 1. The number of carbonyl (C=O) groups excluding carboxylic acids is 1. The topological polar surface area (TPSA) is 51.9 Å². The zero-order chi connectivity index (χ0) is 37.3. The van der Waals surface area contributed by atoms with E-state index >= 15 is 0 Å². The van der Waals surface area contributed by atoms with Crippen LogP contribution in [0.1, 0.15) is 86.0 Å². The van der Waals surface area contributed by atoms with Gasteiger partial charge in [0, 0.05) is 28.0 Å². The van der Waals surface area contributed by atoms with E-state index in [0.29, 0.717) is 5.56 Å². The van der Waals surface area contributed by atoms with Gasteiger partial charge in [-0.3, -0.25) is 0 Å². The van der Waals surface area contributed by atoms with Crippen LogP contribution in [0, 0.1) is 0 Å². The van der Waals surface area contributed by atoms with Gasteiger partial charge < -0.3 is 19.1 Å². The zero-order valence-electron chi connectivity index (χ0n) is 31.5. The van der Waals surface area contributed by atoms with Gasteiger partial charge in [0.1, 0.15) is 30.7 Å². The molecule has 0 fully saturated rings. The first-order valence-corrected chi connectivity index (χ1v) is 19.7. The van der Waals surface area contributed by atoms with Gasteiger partial charge >= 0.3 is 5.97 Å². The number of benzene rings is 3. The van der Waals surface area contributed by atoms with E-state index in [0.717, 1.165) is 75.6 Å². The highest BCUT2D eigenvalue weighted by atomic mass is 32.1. The molecule has 2 aromatic heterocycles. The smallest absolute Gasteiger partial charge is 0.344 e. The Kier molecular flexibility index (Phi) is 15.3. The summed E-state index contributed by atoms with van der Waals surface area (Å²) in [4.78, 5) is 16.8. The van der Waals surface area contributed by atoms with E-state index in [-0.39, 0.29) is 12.6 Å². The molecule has 3 aromatic carbocycles. The first-order chi connectivity index (χ1) is 26.0. The van der Waals surface area contributed by atoms with E-state index in [1.807, 2.05) is 17.7 Å². The number of ether oxygens (including phenoxy) is 3. The van der Waals surface area contributed by atoms with Crippen LogP contribution in [0.2, 0.25) is 0 Å². The number of anilines is 3. The molecule has 0 aliphatic rings. The van der Waals surface area contributed by atoms with E-state index in [1.54, 1.807) is 29.7 Å². The summed E-state index contributed by atoms with van der Waals surface area (Å²) in [5, 5.41) is 0. The molecule has 0 atom stereocenters. The predicted molar refractivity (Wildman–Crippen MR) is 221 cm³/mol. The van der Waals surface area contributed by atoms with Crippen LogP contribution >= 0.6 is 11.3 Å². The summed E-state index contributed by atoms with van der Waals surface area (Å²) in [5.74, 6) is 1.43. The monoisotopic (exact) mass is 729 g/mol. The van der Waals surface area contributed by atoms with Gasteiger partial charge in [0.05, 0.1) is 18.1 Å². The summed E-state index contributed by atoms with van der Waals surface area (Å²) in [7, 11) is 1.94. The predicted octanol–water partition coefficient (Wildman–Crippen LogP) is 12.1. The molecular weight excluding hydrogens is 677 g/mol. The Labute approximate surface area is 320 Å². The number of esters is 1. The lowest BCUT2D eigenvalue weighted by molar-refractivity contribution is -0.660. The molecule has 53 heavy (non-hydrogen) atoms. The fraction of sp³-hybridized carbons (Fsp3) is 0.304. The summed E-state index contributed by atoms with van der Waals surface area (Å²) < 4.78 is 19.2. The third-order valence-corrected chi connectivity index (χ3v) is 9.97. The standard InChI is InChI=1S/C46H53N2O4S/c1-5-8-10-12-33-50-41-24-20-39(21-25-41)48(40-22-26-42(27-23-40)51-34-13-11-9-6-2)38-18-14-36(15-19-38)16-28-43-29-31-45(53-43)44-30-17-37(35-47(44)4)46(49)52-32-7-3/h7,14-31,35H,3,5-6,8-13,32-34H2,1-2,4H3/q+1. The van der Waals surface area contributed by atoms with Crippen molar-refractivity contribution in [3.63, 3.8) is 0 Å². The summed E-state index contributed by atoms with van der Waals surface area (Å²) in [6.45, 7) is 9.73. The molecule has 5 rings (SSSR count). The molecule has 0 aliphatic carbocycles. The van der Waals surface area contributed by atoms with E-state index in [4.69, 9.17) is 14.2 Å². The SMILES string of the molecule is C=CCOC(=O)c1ccc(-c2ccc(/C=C/c3ccc(N(c4ccc(OCCCCCC)cc4)c4ccc(OCCCCCC)cc4)cc3)s2)[n+](C)c1. The van der Waals surface area contributed by atoms with E-state index in [2.05, 4.69) is 122 Å².